The van der Waals surface area contributed by atoms with Crippen LogP contribution in [-0.2, 0) is 4.79 Å². The predicted molar refractivity (Wildman–Crippen MR) is 62.9 cm³/mol. The van der Waals surface area contributed by atoms with E-state index in [1.807, 2.05) is 0 Å². The van der Waals surface area contributed by atoms with Crippen molar-refractivity contribution in [2.75, 3.05) is 12.4 Å². The highest BCUT2D eigenvalue weighted by Crippen LogP contribution is 2.30. The minimum Gasteiger partial charge on any atom is -0.410 e. The average Bonchev–Trinajstić information content (AvgIpc) is 3.13. The van der Waals surface area contributed by atoms with E-state index in [2.05, 4.69) is 10.6 Å². The molecule has 1 aliphatic rings. The van der Waals surface area contributed by atoms with Gasteiger partial charge in [0.05, 0.1) is 0 Å². The molecule has 1 fully saturated rings. The number of amides is 2. The van der Waals surface area contributed by atoms with Crippen LogP contribution in [0.25, 0.3) is 0 Å². The second-order valence-electron chi connectivity index (χ2n) is 3.93. The minimum atomic E-state index is -0.532. The van der Waals surface area contributed by atoms with E-state index in [1.54, 1.807) is 24.3 Å². The van der Waals surface area contributed by atoms with Crippen LogP contribution in [0.5, 0.6) is 5.75 Å². The topological polar surface area (TPSA) is 67.4 Å². The van der Waals surface area contributed by atoms with Gasteiger partial charge in [-0.1, -0.05) is 6.07 Å². The second-order valence-corrected chi connectivity index (χ2v) is 3.93. The third-order valence-electron chi connectivity index (χ3n) is 2.46. The first-order chi connectivity index (χ1) is 8.19. The summed E-state index contributed by atoms with van der Waals surface area (Å²) in [5.74, 6) is 0.582. The Hall–Kier alpha value is -2.04. The van der Waals surface area contributed by atoms with Crippen LogP contribution in [0.15, 0.2) is 24.3 Å². The van der Waals surface area contributed by atoms with Gasteiger partial charge in [-0.2, -0.15) is 0 Å². The third kappa shape index (κ3) is 3.21. The van der Waals surface area contributed by atoms with E-state index in [0.717, 1.165) is 12.8 Å². The molecule has 1 saturated carbocycles. The number of carbonyl (C=O) groups is 2. The van der Waals surface area contributed by atoms with E-state index >= 15 is 0 Å². The van der Waals surface area contributed by atoms with Gasteiger partial charge in [0.25, 0.3) is 0 Å². The Labute approximate surface area is 99.2 Å². The summed E-state index contributed by atoms with van der Waals surface area (Å²) in [5, 5.41) is 5.14. The standard InChI is InChI=1S/C12H14N2O3/c1-13-12(16)17-10-4-2-3-9(7-10)14-11(15)8-5-6-8/h2-4,7-8H,5-6H2,1H3,(H,13,16)(H,14,15). The first-order valence-corrected chi connectivity index (χ1v) is 5.49. The van der Waals surface area contributed by atoms with E-state index < -0.39 is 6.09 Å². The zero-order valence-corrected chi connectivity index (χ0v) is 9.53. The highest BCUT2D eigenvalue weighted by atomic mass is 16.5. The maximum absolute atomic E-state index is 11.5. The van der Waals surface area contributed by atoms with E-state index in [0.29, 0.717) is 11.4 Å². The molecule has 17 heavy (non-hydrogen) atoms. The van der Waals surface area contributed by atoms with Gasteiger partial charge in [0, 0.05) is 24.7 Å². The van der Waals surface area contributed by atoms with Crippen molar-refractivity contribution in [3.8, 4) is 5.75 Å². The molecule has 0 aromatic heterocycles. The molecule has 0 bridgehead atoms. The van der Waals surface area contributed by atoms with E-state index in [1.165, 1.54) is 7.05 Å². The lowest BCUT2D eigenvalue weighted by molar-refractivity contribution is -0.117. The fourth-order valence-electron chi connectivity index (χ4n) is 1.39. The van der Waals surface area contributed by atoms with Gasteiger partial charge in [-0.15, -0.1) is 0 Å². The Kier molecular flexibility index (Phi) is 3.27. The van der Waals surface area contributed by atoms with E-state index in [9.17, 15) is 9.59 Å². The number of nitrogens with one attached hydrogen (secondary N) is 2. The van der Waals surface area contributed by atoms with Crippen molar-refractivity contribution in [1.29, 1.82) is 0 Å². The zero-order valence-electron chi connectivity index (χ0n) is 9.53. The number of anilines is 1. The first-order valence-electron chi connectivity index (χ1n) is 5.49. The summed E-state index contributed by atoms with van der Waals surface area (Å²) in [6.45, 7) is 0. The highest BCUT2D eigenvalue weighted by molar-refractivity contribution is 5.94. The minimum absolute atomic E-state index is 0.0297. The van der Waals surface area contributed by atoms with Crippen LogP contribution in [0.3, 0.4) is 0 Å². The van der Waals surface area contributed by atoms with Gasteiger partial charge in [0.2, 0.25) is 5.91 Å². The smallest absolute Gasteiger partial charge is 0.410 e. The van der Waals surface area contributed by atoms with Crippen molar-refractivity contribution in [3.05, 3.63) is 24.3 Å². The number of benzene rings is 1. The van der Waals surface area contributed by atoms with Crippen LogP contribution in [0, 0.1) is 5.92 Å². The summed E-state index contributed by atoms with van der Waals surface area (Å²) in [5.41, 5.74) is 0.642. The Bertz CT molecular complexity index is 441. The molecule has 1 aliphatic carbocycles. The molecule has 2 amide bonds. The average molecular weight is 234 g/mol. The lowest BCUT2D eigenvalue weighted by Crippen LogP contribution is -2.22. The summed E-state index contributed by atoms with van der Waals surface area (Å²) < 4.78 is 4.96. The van der Waals surface area contributed by atoms with Crippen LogP contribution in [0.2, 0.25) is 0 Å². The Morgan fingerprint density at radius 3 is 2.76 bits per heavy atom. The third-order valence-corrected chi connectivity index (χ3v) is 2.46. The van der Waals surface area contributed by atoms with Crippen LogP contribution >= 0.6 is 0 Å². The van der Waals surface area contributed by atoms with Crippen LogP contribution in [-0.4, -0.2) is 19.0 Å². The van der Waals surface area contributed by atoms with Gasteiger partial charge < -0.3 is 15.4 Å². The van der Waals surface area contributed by atoms with Gasteiger partial charge in [-0.25, -0.2) is 4.79 Å². The van der Waals surface area contributed by atoms with Gasteiger partial charge in [-0.05, 0) is 25.0 Å². The van der Waals surface area contributed by atoms with E-state index in [4.69, 9.17) is 4.74 Å². The molecule has 5 nitrogen and oxygen atoms in total. The SMILES string of the molecule is CNC(=O)Oc1cccc(NC(=O)C2CC2)c1. The maximum atomic E-state index is 11.5. The highest BCUT2D eigenvalue weighted by Gasteiger charge is 2.29. The Balaban J connectivity index is 2.00. The molecule has 1 aromatic carbocycles. The molecular formula is C12H14N2O3. The van der Waals surface area contributed by atoms with Crippen molar-refractivity contribution < 1.29 is 14.3 Å². The molecule has 0 radical (unpaired) electrons. The molecule has 1 aromatic rings. The lowest BCUT2D eigenvalue weighted by atomic mass is 10.3. The molecule has 0 saturated heterocycles. The first kappa shape index (κ1) is 11.4. The van der Waals surface area contributed by atoms with Crippen molar-refractivity contribution in [3.63, 3.8) is 0 Å². The quantitative estimate of drug-likeness (QED) is 0.837. The number of ether oxygens (including phenoxy) is 1. The number of carbonyl (C=O) groups excluding carboxylic acids is 2. The predicted octanol–water partition coefficient (Wildman–Crippen LogP) is 1.75. The van der Waals surface area contributed by atoms with Crippen LogP contribution < -0.4 is 15.4 Å². The second kappa shape index (κ2) is 4.86. The van der Waals surface area contributed by atoms with Crippen molar-refractivity contribution in [2.45, 2.75) is 12.8 Å². The number of rotatable bonds is 3. The number of hydrogen-bond acceptors (Lipinski definition) is 3. The normalized spacial score (nSPS) is 13.9. The van der Waals surface area contributed by atoms with Gasteiger partial charge in [0.1, 0.15) is 5.75 Å². The van der Waals surface area contributed by atoms with Crippen molar-refractivity contribution in [2.24, 2.45) is 5.92 Å². The largest absolute Gasteiger partial charge is 0.412 e. The molecule has 0 unspecified atom stereocenters. The maximum Gasteiger partial charge on any atom is 0.412 e. The molecule has 0 atom stereocenters. The molecule has 0 spiro atoms. The Morgan fingerprint density at radius 1 is 1.35 bits per heavy atom. The van der Waals surface area contributed by atoms with Gasteiger partial charge >= 0.3 is 6.09 Å². The molecule has 0 aliphatic heterocycles. The van der Waals surface area contributed by atoms with Crippen LogP contribution in [0.1, 0.15) is 12.8 Å². The van der Waals surface area contributed by atoms with Gasteiger partial charge in [0.15, 0.2) is 0 Å². The van der Waals surface area contributed by atoms with Crippen molar-refractivity contribution >= 4 is 17.7 Å². The molecule has 2 N–H and O–H groups in total. The van der Waals surface area contributed by atoms with Gasteiger partial charge in [-0.3, -0.25) is 4.79 Å². The molecule has 5 heteroatoms. The summed E-state index contributed by atoms with van der Waals surface area (Å²) in [4.78, 5) is 22.5. The Morgan fingerprint density at radius 2 is 2.12 bits per heavy atom. The van der Waals surface area contributed by atoms with Crippen LogP contribution in [0.4, 0.5) is 10.5 Å². The summed E-state index contributed by atoms with van der Waals surface area (Å²) >= 11 is 0. The molecular weight excluding hydrogens is 220 g/mol. The molecule has 0 heterocycles. The summed E-state index contributed by atoms with van der Waals surface area (Å²) in [6, 6.07) is 6.76. The lowest BCUT2D eigenvalue weighted by Gasteiger charge is -2.07. The monoisotopic (exact) mass is 234 g/mol. The van der Waals surface area contributed by atoms with E-state index in [-0.39, 0.29) is 11.8 Å². The summed E-state index contributed by atoms with van der Waals surface area (Å²) in [7, 11) is 1.49. The molecule has 2 rings (SSSR count). The zero-order chi connectivity index (χ0) is 12.3. The molecule has 90 valence electrons. The fourth-order valence-corrected chi connectivity index (χ4v) is 1.39. The van der Waals surface area contributed by atoms with Crippen molar-refractivity contribution in [1.82, 2.24) is 5.32 Å². The fraction of sp³-hybridized carbons (Fsp3) is 0.333. The summed E-state index contributed by atoms with van der Waals surface area (Å²) in [6.07, 6.45) is 1.39. The number of hydrogen-bond donors (Lipinski definition) is 2.